The normalized spacial score (nSPS) is 24.2. The van der Waals surface area contributed by atoms with Gasteiger partial charge < -0.3 is 10.1 Å². The van der Waals surface area contributed by atoms with Gasteiger partial charge in [0.25, 0.3) is 0 Å². The molecule has 2 atom stereocenters. The second kappa shape index (κ2) is 6.70. The monoisotopic (exact) mass is 274 g/mol. The molecule has 1 aromatic rings. The summed E-state index contributed by atoms with van der Waals surface area (Å²) in [5, 5.41) is 3.64. The van der Waals surface area contributed by atoms with Crippen LogP contribution in [-0.2, 0) is 4.74 Å². The summed E-state index contributed by atoms with van der Waals surface area (Å²) < 4.78 is 5.52. The summed E-state index contributed by atoms with van der Waals surface area (Å²) in [5.41, 5.74) is 1.39. The van der Waals surface area contributed by atoms with Crippen LogP contribution in [0.4, 0.5) is 0 Å². The molecule has 2 aliphatic rings. The first-order valence-electron chi connectivity index (χ1n) is 7.91. The molecule has 110 valence electrons. The van der Waals surface area contributed by atoms with Crippen LogP contribution >= 0.6 is 0 Å². The Morgan fingerprint density at radius 2 is 2.05 bits per heavy atom. The first kappa shape index (κ1) is 14.1. The summed E-state index contributed by atoms with van der Waals surface area (Å²) in [6.07, 6.45) is 5.33. The highest BCUT2D eigenvalue weighted by atomic mass is 16.5. The van der Waals surface area contributed by atoms with Crippen molar-refractivity contribution in [3.63, 3.8) is 0 Å². The molecule has 0 radical (unpaired) electrons. The zero-order valence-corrected chi connectivity index (χ0v) is 12.4. The van der Waals surface area contributed by atoms with Gasteiger partial charge in [0.2, 0.25) is 0 Å². The van der Waals surface area contributed by atoms with Crippen molar-refractivity contribution in [2.75, 3.05) is 26.8 Å². The van der Waals surface area contributed by atoms with Crippen molar-refractivity contribution in [1.82, 2.24) is 10.2 Å². The summed E-state index contributed by atoms with van der Waals surface area (Å²) in [5.74, 6) is 0. The molecule has 1 N–H and O–H groups in total. The molecular formula is C17H26N2O. The zero-order chi connectivity index (χ0) is 13.8. The highest BCUT2D eigenvalue weighted by molar-refractivity contribution is 5.20. The third kappa shape index (κ3) is 3.40. The standard InChI is InChI=1S/C17H26N2O/c1-20-13-17(14-6-3-2-4-7-14)19(16-9-10-16)12-15-8-5-11-18-15/h2-4,6-7,15-18H,5,8-13H2,1H3. The molecule has 1 aliphatic carbocycles. The van der Waals surface area contributed by atoms with E-state index in [2.05, 4.69) is 40.5 Å². The van der Waals surface area contributed by atoms with Gasteiger partial charge in [0, 0.05) is 25.7 Å². The van der Waals surface area contributed by atoms with Crippen LogP contribution in [0.25, 0.3) is 0 Å². The van der Waals surface area contributed by atoms with E-state index in [0.717, 1.165) is 19.2 Å². The van der Waals surface area contributed by atoms with Crippen LogP contribution in [0.5, 0.6) is 0 Å². The van der Waals surface area contributed by atoms with E-state index >= 15 is 0 Å². The molecule has 1 aliphatic heterocycles. The maximum atomic E-state index is 5.52. The molecule has 1 heterocycles. The van der Waals surface area contributed by atoms with Crippen molar-refractivity contribution < 1.29 is 4.74 Å². The van der Waals surface area contributed by atoms with E-state index < -0.39 is 0 Å². The predicted octanol–water partition coefficient (Wildman–Crippen LogP) is 2.59. The molecule has 20 heavy (non-hydrogen) atoms. The molecule has 3 nitrogen and oxygen atoms in total. The van der Waals surface area contributed by atoms with Crippen molar-refractivity contribution >= 4 is 0 Å². The molecule has 1 saturated carbocycles. The molecule has 3 heteroatoms. The molecule has 0 bridgehead atoms. The number of nitrogens with zero attached hydrogens (tertiary/aromatic N) is 1. The molecule has 1 saturated heterocycles. The van der Waals surface area contributed by atoms with Crippen molar-refractivity contribution in [3.05, 3.63) is 35.9 Å². The maximum absolute atomic E-state index is 5.52. The Balaban J connectivity index is 1.75. The number of benzene rings is 1. The first-order valence-corrected chi connectivity index (χ1v) is 7.91. The summed E-state index contributed by atoms with van der Waals surface area (Å²) in [6.45, 7) is 3.13. The third-order valence-corrected chi connectivity index (χ3v) is 4.52. The van der Waals surface area contributed by atoms with Crippen LogP contribution in [0.3, 0.4) is 0 Å². The lowest BCUT2D eigenvalue weighted by Crippen LogP contribution is -2.42. The SMILES string of the molecule is COCC(c1ccccc1)N(CC1CCCN1)C1CC1. The van der Waals surface area contributed by atoms with Gasteiger partial charge in [0.15, 0.2) is 0 Å². The van der Waals surface area contributed by atoms with E-state index in [1.54, 1.807) is 0 Å². The Bertz CT molecular complexity index is 399. The van der Waals surface area contributed by atoms with Gasteiger partial charge in [-0.25, -0.2) is 0 Å². The molecule has 0 aromatic heterocycles. The lowest BCUT2D eigenvalue weighted by atomic mass is 10.0. The summed E-state index contributed by atoms with van der Waals surface area (Å²) >= 11 is 0. The lowest BCUT2D eigenvalue weighted by Gasteiger charge is -2.34. The minimum absolute atomic E-state index is 0.399. The van der Waals surface area contributed by atoms with E-state index in [0.29, 0.717) is 12.1 Å². The second-order valence-corrected chi connectivity index (χ2v) is 6.10. The summed E-state index contributed by atoms with van der Waals surface area (Å²) in [6, 6.07) is 12.7. The highest BCUT2D eigenvalue weighted by Gasteiger charge is 2.36. The van der Waals surface area contributed by atoms with E-state index in [1.165, 1.54) is 37.8 Å². The van der Waals surface area contributed by atoms with Crippen LogP contribution < -0.4 is 5.32 Å². The van der Waals surface area contributed by atoms with Gasteiger partial charge >= 0.3 is 0 Å². The number of ether oxygens (including phenoxy) is 1. The smallest absolute Gasteiger partial charge is 0.0659 e. The molecule has 3 rings (SSSR count). The Morgan fingerprint density at radius 1 is 1.25 bits per heavy atom. The number of methoxy groups -OCH3 is 1. The average molecular weight is 274 g/mol. The summed E-state index contributed by atoms with van der Waals surface area (Å²) in [4.78, 5) is 2.68. The molecular weight excluding hydrogens is 248 g/mol. The second-order valence-electron chi connectivity index (χ2n) is 6.10. The summed E-state index contributed by atoms with van der Waals surface area (Å²) in [7, 11) is 1.81. The number of hydrogen-bond donors (Lipinski definition) is 1. The lowest BCUT2D eigenvalue weighted by molar-refractivity contribution is 0.0784. The van der Waals surface area contributed by atoms with Gasteiger partial charge in [-0.15, -0.1) is 0 Å². The van der Waals surface area contributed by atoms with E-state index in [9.17, 15) is 0 Å². The van der Waals surface area contributed by atoms with Gasteiger partial charge in [-0.2, -0.15) is 0 Å². The fraction of sp³-hybridized carbons (Fsp3) is 0.647. The fourth-order valence-corrected chi connectivity index (χ4v) is 3.32. The molecule has 0 spiro atoms. The van der Waals surface area contributed by atoms with Crippen LogP contribution in [0.2, 0.25) is 0 Å². The van der Waals surface area contributed by atoms with Crippen LogP contribution in [-0.4, -0.2) is 43.8 Å². The van der Waals surface area contributed by atoms with E-state index in [4.69, 9.17) is 4.74 Å². The molecule has 1 aromatic carbocycles. The quantitative estimate of drug-likeness (QED) is 0.827. The van der Waals surface area contributed by atoms with E-state index in [-0.39, 0.29) is 0 Å². The number of nitrogens with one attached hydrogen (secondary N) is 1. The Kier molecular flexibility index (Phi) is 4.71. The minimum atomic E-state index is 0.399. The highest BCUT2D eigenvalue weighted by Crippen LogP contribution is 2.35. The van der Waals surface area contributed by atoms with Crippen LogP contribution in [0.1, 0.15) is 37.3 Å². The Hall–Kier alpha value is -0.900. The number of hydrogen-bond acceptors (Lipinski definition) is 3. The topological polar surface area (TPSA) is 24.5 Å². The average Bonchev–Trinajstić information content (AvgIpc) is 3.21. The van der Waals surface area contributed by atoms with Crippen LogP contribution in [0, 0.1) is 0 Å². The van der Waals surface area contributed by atoms with Gasteiger partial charge in [-0.05, 0) is 37.8 Å². The van der Waals surface area contributed by atoms with Crippen molar-refractivity contribution in [2.24, 2.45) is 0 Å². The molecule has 2 unspecified atom stereocenters. The third-order valence-electron chi connectivity index (χ3n) is 4.52. The van der Waals surface area contributed by atoms with E-state index in [1.807, 2.05) is 7.11 Å². The van der Waals surface area contributed by atoms with Crippen molar-refractivity contribution in [1.29, 1.82) is 0 Å². The Labute approximate surface area is 122 Å². The minimum Gasteiger partial charge on any atom is -0.383 e. The van der Waals surface area contributed by atoms with Crippen LogP contribution in [0.15, 0.2) is 30.3 Å². The van der Waals surface area contributed by atoms with Gasteiger partial charge in [-0.1, -0.05) is 30.3 Å². The molecule has 0 amide bonds. The van der Waals surface area contributed by atoms with Gasteiger partial charge in [0.05, 0.1) is 12.6 Å². The van der Waals surface area contributed by atoms with Gasteiger partial charge in [0.1, 0.15) is 0 Å². The van der Waals surface area contributed by atoms with Gasteiger partial charge in [-0.3, -0.25) is 4.90 Å². The predicted molar refractivity (Wildman–Crippen MR) is 81.8 cm³/mol. The van der Waals surface area contributed by atoms with Crippen molar-refractivity contribution in [3.8, 4) is 0 Å². The van der Waals surface area contributed by atoms with Crippen molar-refractivity contribution in [2.45, 2.75) is 43.8 Å². The largest absolute Gasteiger partial charge is 0.383 e. The zero-order valence-electron chi connectivity index (χ0n) is 12.4. The molecule has 2 fully saturated rings. The maximum Gasteiger partial charge on any atom is 0.0659 e. The Morgan fingerprint density at radius 3 is 2.65 bits per heavy atom. The number of rotatable bonds is 7. The fourth-order valence-electron chi connectivity index (χ4n) is 3.32. The first-order chi connectivity index (χ1) is 9.88.